The zero-order valence-corrected chi connectivity index (χ0v) is 6.11. The molecule has 4 heteroatoms. The van der Waals surface area contributed by atoms with Crippen LogP contribution in [0.1, 0.15) is 0 Å². The molecule has 1 aromatic carbocycles. The first-order valence-electron chi connectivity index (χ1n) is 3.38. The summed E-state index contributed by atoms with van der Waals surface area (Å²) in [5.41, 5.74) is 0.381. The van der Waals surface area contributed by atoms with Crippen LogP contribution in [0.3, 0.4) is 0 Å². The molecule has 0 bridgehead atoms. The van der Waals surface area contributed by atoms with Crippen LogP contribution < -0.4 is 0 Å². The Morgan fingerprint density at radius 3 is 3.08 bits per heavy atom. The van der Waals surface area contributed by atoms with Crippen molar-refractivity contribution >= 4 is 0 Å². The number of benzene rings is 1. The molecule has 0 amide bonds. The average Bonchev–Trinajstić information content (AvgIpc) is 2.57. The van der Waals surface area contributed by atoms with Crippen molar-refractivity contribution in [2.24, 2.45) is 0 Å². The fourth-order valence-electron chi connectivity index (χ4n) is 0.920. The Balaban J connectivity index is 2.55. The van der Waals surface area contributed by atoms with Crippen molar-refractivity contribution in [3.05, 3.63) is 42.7 Å². The van der Waals surface area contributed by atoms with Gasteiger partial charge in [0.2, 0.25) is 0 Å². The van der Waals surface area contributed by atoms with Crippen LogP contribution in [0.25, 0.3) is 5.69 Å². The fourth-order valence-corrected chi connectivity index (χ4v) is 0.920. The second kappa shape index (κ2) is 2.73. The molecule has 0 aliphatic rings. The Kier molecular flexibility index (Phi) is 1.59. The number of hydrogen-bond donors (Lipinski definition) is 0. The molecule has 59 valence electrons. The van der Waals surface area contributed by atoms with Gasteiger partial charge in [0.1, 0.15) is 24.2 Å². The van der Waals surface area contributed by atoms with Gasteiger partial charge in [-0.25, -0.2) is 14.1 Å². The first-order chi connectivity index (χ1) is 5.88. The maximum Gasteiger partial charge on any atom is 0.149 e. The molecule has 2 aromatic rings. The predicted octanol–water partition coefficient (Wildman–Crippen LogP) is 1.21. The number of aromatic nitrogens is 3. The third-order valence-electron chi connectivity index (χ3n) is 1.46. The van der Waals surface area contributed by atoms with Gasteiger partial charge in [0, 0.05) is 0 Å². The molecule has 0 fully saturated rings. The molecule has 0 N–H and O–H groups in total. The van der Waals surface area contributed by atoms with Crippen molar-refractivity contribution in [2.75, 3.05) is 0 Å². The molecule has 3 nitrogen and oxygen atoms in total. The molecule has 0 saturated heterocycles. The van der Waals surface area contributed by atoms with Crippen LogP contribution in [0, 0.1) is 11.9 Å². The lowest BCUT2D eigenvalue weighted by molar-refractivity contribution is 0.610. The summed E-state index contributed by atoms with van der Waals surface area (Å²) in [7, 11) is 0. The molecule has 12 heavy (non-hydrogen) atoms. The predicted molar refractivity (Wildman–Crippen MR) is 40.2 cm³/mol. The highest BCUT2D eigenvalue weighted by atomic mass is 19.1. The first-order valence-corrected chi connectivity index (χ1v) is 3.38. The molecule has 0 aliphatic heterocycles. The maximum absolute atomic E-state index is 13.0. The van der Waals surface area contributed by atoms with E-state index < -0.39 is 0 Å². The van der Waals surface area contributed by atoms with Crippen LogP contribution in [-0.4, -0.2) is 14.8 Å². The van der Waals surface area contributed by atoms with Crippen LogP contribution in [0.15, 0.2) is 30.9 Å². The number of nitrogens with zero attached hydrogens (tertiary/aromatic N) is 3. The van der Waals surface area contributed by atoms with Crippen LogP contribution in [0.5, 0.6) is 0 Å². The third kappa shape index (κ3) is 1.07. The minimum absolute atomic E-state index is 0.358. The number of hydrogen-bond acceptors (Lipinski definition) is 2. The van der Waals surface area contributed by atoms with Crippen molar-refractivity contribution in [1.29, 1.82) is 0 Å². The highest BCUT2D eigenvalue weighted by Gasteiger charge is 2.01. The SMILES string of the molecule is Fc1c[c]ccc1-n1cncn1. The summed E-state index contributed by atoms with van der Waals surface area (Å²) in [6.45, 7) is 0. The third-order valence-corrected chi connectivity index (χ3v) is 1.46. The molecule has 1 aromatic heterocycles. The molecular weight excluding hydrogens is 157 g/mol. The minimum Gasteiger partial charge on any atom is -0.223 e. The van der Waals surface area contributed by atoms with Gasteiger partial charge in [-0.3, -0.25) is 0 Å². The Morgan fingerprint density at radius 1 is 1.50 bits per heavy atom. The van der Waals surface area contributed by atoms with Crippen LogP contribution >= 0.6 is 0 Å². The number of rotatable bonds is 1. The Hall–Kier alpha value is -1.71. The smallest absolute Gasteiger partial charge is 0.149 e. The molecule has 1 radical (unpaired) electrons. The Bertz CT molecular complexity index is 370. The molecule has 1 heterocycles. The molecule has 0 saturated carbocycles. The van der Waals surface area contributed by atoms with Crippen molar-refractivity contribution in [3.63, 3.8) is 0 Å². The monoisotopic (exact) mass is 162 g/mol. The summed E-state index contributed by atoms with van der Waals surface area (Å²) in [5.74, 6) is -0.358. The van der Waals surface area contributed by atoms with Gasteiger partial charge in [0.25, 0.3) is 0 Å². The summed E-state index contributed by atoms with van der Waals surface area (Å²) in [5, 5.41) is 3.80. The Labute approximate surface area is 68.5 Å². The molecule has 0 spiro atoms. The van der Waals surface area contributed by atoms with Gasteiger partial charge < -0.3 is 0 Å². The number of halogens is 1. The highest BCUT2D eigenvalue weighted by Crippen LogP contribution is 2.09. The summed E-state index contributed by atoms with van der Waals surface area (Å²) in [4.78, 5) is 3.71. The zero-order valence-electron chi connectivity index (χ0n) is 6.11. The van der Waals surface area contributed by atoms with Gasteiger partial charge in [-0.1, -0.05) is 6.07 Å². The van der Waals surface area contributed by atoms with Crippen molar-refractivity contribution < 1.29 is 4.39 Å². The molecule has 2 rings (SSSR count). The molecule has 0 atom stereocenters. The van der Waals surface area contributed by atoms with Crippen LogP contribution in [0.4, 0.5) is 4.39 Å². The average molecular weight is 162 g/mol. The summed E-state index contributed by atoms with van der Waals surface area (Å²) in [6.07, 6.45) is 2.80. The van der Waals surface area contributed by atoms with E-state index in [1.165, 1.54) is 23.4 Å². The van der Waals surface area contributed by atoms with E-state index in [1.54, 1.807) is 12.1 Å². The lowest BCUT2D eigenvalue weighted by atomic mass is 10.3. The van der Waals surface area contributed by atoms with E-state index in [0.29, 0.717) is 5.69 Å². The van der Waals surface area contributed by atoms with E-state index in [4.69, 9.17) is 0 Å². The molecule has 0 aliphatic carbocycles. The minimum atomic E-state index is -0.358. The van der Waals surface area contributed by atoms with E-state index in [9.17, 15) is 4.39 Å². The summed E-state index contributed by atoms with van der Waals surface area (Å²) < 4.78 is 14.4. The first kappa shape index (κ1) is 6.97. The van der Waals surface area contributed by atoms with E-state index in [0.717, 1.165) is 0 Å². The van der Waals surface area contributed by atoms with Gasteiger partial charge in [0.05, 0.1) is 0 Å². The van der Waals surface area contributed by atoms with Gasteiger partial charge in [-0.2, -0.15) is 5.10 Å². The van der Waals surface area contributed by atoms with Gasteiger partial charge in [0.15, 0.2) is 0 Å². The van der Waals surface area contributed by atoms with Gasteiger partial charge in [-0.15, -0.1) is 0 Å². The fraction of sp³-hybridized carbons (Fsp3) is 0. The maximum atomic E-state index is 13.0. The normalized spacial score (nSPS) is 10.1. The topological polar surface area (TPSA) is 30.7 Å². The molecule has 0 unspecified atom stereocenters. The van der Waals surface area contributed by atoms with Gasteiger partial charge >= 0.3 is 0 Å². The van der Waals surface area contributed by atoms with Gasteiger partial charge in [-0.05, 0) is 18.2 Å². The lowest BCUT2D eigenvalue weighted by Crippen LogP contribution is -1.96. The van der Waals surface area contributed by atoms with Crippen molar-refractivity contribution in [3.8, 4) is 5.69 Å². The van der Waals surface area contributed by atoms with E-state index in [1.807, 2.05) is 0 Å². The summed E-state index contributed by atoms with van der Waals surface area (Å²) >= 11 is 0. The lowest BCUT2D eigenvalue weighted by Gasteiger charge is -1.99. The Morgan fingerprint density at radius 2 is 2.42 bits per heavy atom. The zero-order chi connectivity index (χ0) is 8.39. The second-order valence-electron chi connectivity index (χ2n) is 2.22. The summed E-state index contributed by atoms with van der Waals surface area (Å²) in [6, 6.07) is 7.10. The second-order valence-corrected chi connectivity index (χ2v) is 2.22. The quantitative estimate of drug-likeness (QED) is 0.630. The van der Waals surface area contributed by atoms with E-state index >= 15 is 0 Å². The van der Waals surface area contributed by atoms with Crippen LogP contribution in [-0.2, 0) is 0 Å². The van der Waals surface area contributed by atoms with Crippen LogP contribution in [0.2, 0.25) is 0 Å². The highest BCUT2D eigenvalue weighted by molar-refractivity contribution is 5.30. The standard InChI is InChI=1S/C8H5FN3/c9-7-3-1-2-4-8(7)12-6-10-5-11-12/h2-6H. The molecular formula is C8H5FN3. The van der Waals surface area contributed by atoms with E-state index in [-0.39, 0.29) is 5.82 Å². The van der Waals surface area contributed by atoms with Crippen molar-refractivity contribution in [2.45, 2.75) is 0 Å². The van der Waals surface area contributed by atoms with E-state index in [2.05, 4.69) is 16.1 Å². The van der Waals surface area contributed by atoms with Crippen molar-refractivity contribution in [1.82, 2.24) is 14.8 Å². The largest absolute Gasteiger partial charge is 0.223 e.